The Hall–Kier alpha value is -0.0500. The lowest BCUT2D eigenvalue weighted by Gasteiger charge is -2.21. The molecule has 0 spiro atoms. The van der Waals surface area contributed by atoms with Crippen molar-refractivity contribution >= 4 is 22.9 Å². The van der Waals surface area contributed by atoms with Gasteiger partial charge in [0, 0.05) is 16.8 Å². The van der Waals surface area contributed by atoms with Gasteiger partial charge in [-0.2, -0.15) is 0 Å². The van der Waals surface area contributed by atoms with E-state index in [2.05, 4.69) is 11.4 Å². The highest BCUT2D eigenvalue weighted by atomic mass is 35.5. The summed E-state index contributed by atoms with van der Waals surface area (Å²) in [6.45, 7) is 2.16. The van der Waals surface area contributed by atoms with Gasteiger partial charge >= 0.3 is 0 Å². The Morgan fingerprint density at radius 2 is 2.13 bits per heavy atom. The first kappa shape index (κ1) is 11.4. The second-order valence-electron chi connectivity index (χ2n) is 4.37. The van der Waals surface area contributed by atoms with Crippen LogP contribution in [0.15, 0.2) is 11.4 Å². The minimum absolute atomic E-state index is 0.870. The predicted molar refractivity (Wildman–Crippen MR) is 67.6 cm³/mol. The third-order valence-electron chi connectivity index (χ3n) is 3.08. The van der Waals surface area contributed by atoms with Crippen molar-refractivity contribution in [2.24, 2.45) is 5.92 Å². The predicted octanol–water partition coefficient (Wildman–Crippen LogP) is 4.07. The molecule has 1 saturated carbocycles. The summed E-state index contributed by atoms with van der Waals surface area (Å²) in [5, 5.41) is 6.41. The molecule has 2 rings (SSSR count). The minimum Gasteiger partial charge on any atom is -0.312 e. The van der Waals surface area contributed by atoms with E-state index in [0.717, 1.165) is 17.5 Å². The fraction of sp³-hybridized carbons (Fsp3) is 0.667. The van der Waals surface area contributed by atoms with Crippen molar-refractivity contribution in [3.05, 3.63) is 21.3 Å². The summed E-state index contributed by atoms with van der Waals surface area (Å²) in [6, 6.07) is 2.06. The van der Waals surface area contributed by atoms with Gasteiger partial charge in [0.1, 0.15) is 0 Å². The standard InChI is InChI=1S/C12H18ClNS/c13-11-6-12(15-9-11)8-14-7-10-4-2-1-3-5-10/h6,9-10,14H,1-5,7-8H2. The molecule has 0 aromatic carbocycles. The second kappa shape index (κ2) is 5.88. The van der Waals surface area contributed by atoms with Crippen molar-refractivity contribution < 1.29 is 0 Å². The lowest BCUT2D eigenvalue weighted by molar-refractivity contribution is 0.342. The van der Waals surface area contributed by atoms with Crippen LogP contribution in [0.1, 0.15) is 37.0 Å². The van der Waals surface area contributed by atoms with Gasteiger partial charge in [0.15, 0.2) is 0 Å². The number of rotatable bonds is 4. The van der Waals surface area contributed by atoms with Crippen molar-refractivity contribution in [3.8, 4) is 0 Å². The van der Waals surface area contributed by atoms with Crippen molar-refractivity contribution in [2.45, 2.75) is 38.6 Å². The van der Waals surface area contributed by atoms with Crippen LogP contribution in [-0.2, 0) is 6.54 Å². The fourth-order valence-corrected chi connectivity index (χ4v) is 3.28. The Labute approximate surface area is 101 Å². The van der Waals surface area contributed by atoms with Crippen LogP contribution in [0.5, 0.6) is 0 Å². The smallest absolute Gasteiger partial charge is 0.0516 e. The molecule has 0 amide bonds. The maximum atomic E-state index is 5.87. The average molecular weight is 244 g/mol. The molecule has 0 bridgehead atoms. The first-order valence-electron chi connectivity index (χ1n) is 5.78. The number of thiophene rings is 1. The van der Waals surface area contributed by atoms with E-state index in [9.17, 15) is 0 Å². The van der Waals surface area contributed by atoms with Crippen LogP contribution in [0.3, 0.4) is 0 Å². The summed E-state index contributed by atoms with van der Waals surface area (Å²) < 4.78 is 0. The Bertz CT molecular complexity index is 292. The number of nitrogens with one attached hydrogen (secondary N) is 1. The van der Waals surface area contributed by atoms with Gasteiger partial charge in [0.25, 0.3) is 0 Å². The van der Waals surface area contributed by atoms with Crippen molar-refractivity contribution in [2.75, 3.05) is 6.54 Å². The van der Waals surface area contributed by atoms with Crippen LogP contribution in [-0.4, -0.2) is 6.54 Å². The average Bonchev–Trinajstić information content (AvgIpc) is 2.66. The highest BCUT2D eigenvalue weighted by Crippen LogP contribution is 2.23. The van der Waals surface area contributed by atoms with Crippen LogP contribution < -0.4 is 5.32 Å². The fourth-order valence-electron chi connectivity index (χ4n) is 2.24. The monoisotopic (exact) mass is 243 g/mol. The molecule has 1 N–H and O–H groups in total. The van der Waals surface area contributed by atoms with Gasteiger partial charge in [-0.15, -0.1) is 11.3 Å². The van der Waals surface area contributed by atoms with Crippen LogP contribution in [0.2, 0.25) is 5.02 Å². The molecule has 1 fully saturated rings. The van der Waals surface area contributed by atoms with Crippen molar-refractivity contribution in [3.63, 3.8) is 0 Å². The topological polar surface area (TPSA) is 12.0 Å². The van der Waals surface area contributed by atoms with Crippen LogP contribution in [0.25, 0.3) is 0 Å². The molecule has 84 valence electrons. The number of hydrogen-bond donors (Lipinski definition) is 1. The van der Waals surface area contributed by atoms with Crippen LogP contribution in [0, 0.1) is 5.92 Å². The summed E-state index contributed by atoms with van der Waals surface area (Å²) in [5.74, 6) is 0.911. The summed E-state index contributed by atoms with van der Waals surface area (Å²) in [4.78, 5) is 1.34. The van der Waals surface area contributed by atoms with E-state index in [1.807, 2.05) is 5.38 Å². The third kappa shape index (κ3) is 3.78. The second-order valence-corrected chi connectivity index (χ2v) is 5.80. The normalized spacial score (nSPS) is 18.2. The van der Waals surface area contributed by atoms with E-state index in [1.54, 1.807) is 11.3 Å². The zero-order valence-corrected chi connectivity index (χ0v) is 10.5. The van der Waals surface area contributed by atoms with Gasteiger partial charge in [-0.3, -0.25) is 0 Å². The van der Waals surface area contributed by atoms with Gasteiger partial charge in [-0.1, -0.05) is 30.9 Å². The SMILES string of the molecule is Clc1csc(CNCC2CCCCC2)c1. The quantitative estimate of drug-likeness (QED) is 0.841. The van der Waals surface area contributed by atoms with E-state index >= 15 is 0 Å². The Balaban J connectivity index is 1.65. The molecule has 0 unspecified atom stereocenters. The van der Waals surface area contributed by atoms with Gasteiger partial charge in [0.2, 0.25) is 0 Å². The molecule has 1 aliphatic rings. The zero-order chi connectivity index (χ0) is 10.5. The van der Waals surface area contributed by atoms with Gasteiger partial charge in [0.05, 0.1) is 5.02 Å². The highest BCUT2D eigenvalue weighted by Gasteiger charge is 2.12. The summed E-state index contributed by atoms with van der Waals surface area (Å²) in [5.41, 5.74) is 0. The number of halogens is 1. The molecule has 0 saturated heterocycles. The molecule has 1 aromatic rings. The molecule has 15 heavy (non-hydrogen) atoms. The number of hydrogen-bond acceptors (Lipinski definition) is 2. The molecule has 1 aliphatic carbocycles. The summed E-state index contributed by atoms with van der Waals surface area (Å²) in [6.07, 6.45) is 7.13. The minimum atomic E-state index is 0.870. The molecule has 3 heteroatoms. The third-order valence-corrected chi connectivity index (χ3v) is 4.36. The molecule has 0 radical (unpaired) electrons. The van der Waals surface area contributed by atoms with Gasteiger partial charge in [-0.25, -0.2) is 0 Å². The molecule has 0 atom stereocenters. The summed E-state index contributed by atoms with van der Waals surface area (Å²) in [7, 11) is 0. The first-order valence-corrected chi connectivity index (χ1v) is 7.04. The van der Waals surface area contributed by atoms with Gasteiger partial charge < -0.3 is 5.32 Å². The molecule has 1 nitrogen and oxygen atoms in total. The largest absolute Gasteiger partial charge is 0.312 e. The molecule has 1 aromatic heterocycles. The highest BCUT2D eigenvalue weighted by molar-refractivity contribution is 7.10. The Kier molecular flexibility index (Phi) is 4.48. The van der Waals surface area contributed by atoms with Crippen LogP contribution in [0.4, 0.5) is 0 Å². The zero-order valence-electron chi connectivity index (χ0n) is 8.97. The molecular weight excluding hydrogens is 226 g/mol. The lowest BCUT2D eigenvalue weighted by Crippen LogP contribution is -2.23. The molecular formula is C12H18ClNS. The molecule has 1 heterocycles. The van der Waals surface area contributed by atoms with E-state index in [-0.39, 0.29) is 0 Å². The van der Waals surface area contributed by atoms with E-state index in [1.165, 1.54) is 43.5 Å². The molecule has 0 aliphatic heterocycles. The van der Waals surface area contributed by atoms with Gasteiger partial charge in [-0.05, 0) is 31.4 Å². The lowest BCUT2D eigenvalue weighted by atomic mass is 9.89. The van der Waals surface area contributed by atoms with Crippen molar-refractivity contribution in [1.82, 2.24) is 5.32 Å². The maximum Gasteiger partial charge on any atom is 0.0516 e. The Morgan fingerprint density at radius 1 is 1.33 bits per heavy atom. The first-order chi connectivity index (χ1) is 7.34. The summed E-state index contributed by atoms with van der Waals surface area (Å²) >= 11 is 7.61. The van der Waals surface area contributed by atoms with E-state index < -0.39 is 0 Å². The Morgan fingerprint density at radius 3 is 2.80 bits per heavy atom. The van der Waals surface area contributed by atoms with E-state index in [0.29, 0.717) is 0 Å². The van der Waals surface area contributed by atoms with Crippen molar-refractivity contribution in [1.29, 1.82) is 0 Å². The van der Waals surface area contributed by atoms with E-state index in [4.69, 9.17) is 11.6 Å². The van der Waals surface area contributed by atoms with Crippen LogP contribution >= 0.6 is 22.9 Å². The maximum absolute atomic E-state index is 5.87.